The van der Waals surface area contributed by atoms with Crippen molar-refractivity contribution in [1.29, 1.82) is 0 Å². The van der Waals surface area contributed by atoms with E-state index in [1.54, 1.807) is 0 Å². The van der Waals surface area contributed by atoms with Crippen molar-refractivity contribution in [3.8, 4) is 0 Å². The fourth-order valence-corrected chi connectivity index (χ4v) is 0.739. The van der Waals surface area contributed by atoms with Crippen LogP contribution in [0.2, 0.25) is 0 Å². The Balaban J connectivity index is 3.61. The first-order valence-electron chi connectivity index (χ1n) is 3.21. The lowest BCUT2D eigenvalue weighted by molar-refractivity contribution is 0.190. The molecule has 2 unspecified atom stereocenters. The van der Waals surface area contributed by atoms with Crippen molar-refractivity contribution in [3.63, 3.8) is 0 Å². The Morgan fingerprint density at radius 1 is 1.80 bits per heavy atom. The summed E-state index contributed by atoms with van der Waals surface area (Å²) in [5.41, 5.74) is -0.470. The summed E-state index contributed by atoms with van der Waals surface area (Å²) < 4.78 is 0. The molecule has 3 nitrogen and oxygen atoms in total. The number of halogens is 1. The molecule has 0 aromatic rings. The van der Waals surface area contributed by atoms with Crippen molar-refractivity contribution in [2.45, 2.75) is 25.8 Å². The summed E-state index contributed by atoms with van der Waals surface area (Å²) in [5.74, 6) is 0.178. The van der Waals surface area contributed by atoms with E-state index in [0.717, 1.165) is 6.42 Å². The first kappa shape index (κ1) is 9.56. The first-order chi connectivity index (χ1) is 4.57. The van der Waals surface area contributed by atoms with Gasteiger partial charge in [0.1, 0.15) is 5.50 Å². The van der Waals surface area contributed by atoms with Crippen molar-refractivity contribution in [2.24, 2.45) is 5.92 Å². The monoisotopic (exact) mass is 165 g/mol. The van der Waals surface area contributed by atoms with E-state index in [4.69, 9.17) is 16.7 Å². The van der Waals surface area contributed by atoms with Gasteiger partial charge in [-0.3, -0.25) is 0 Å². The molecule has 0 spiro atoms. The number of hydrogen-bond acceptors (Lipinski definition) is 1. The number of nitrogens with one attached hydrogen (secondary N) is 1. The van der Waals surface area contributed by atoms with Gasteiger partial charge in [-0.2, -0.15) is 0 Å². The third kappa shape index (κ3) is 3.56. The molecule has 10 heavy (non-hydrogen) atoms. The van der Waals surface area contributed by atoms with Gasteiger partial charge in [0.15, 0.2) is 0 Å². The highest BCUT2D eigenvalue weighted by atomic mass is 35.5. The van der Waals surface area contributed by atoms with E-state index in [0.29, 0.717) is 0 Å². The molecule has 0 aliphatic heterocycles. The fourth-order valence-electron chi connectivity index (χ4n) is 0.467. The molecular formula is C6H12ClNO2. The second-order valence-corrected chi connectivity index (χ2v) is 2.71. The molecule has 60 valence electrons. The summed E-state index contributed by atoms with van der Waals surface area (Å²) in [4.78, 5) is 10.0. The highest BCUT2D eigenvalue weighted by Gasteiger charge is 2.13. The van der Waals surface area contributed by atoms with Crippen LogP contribution in [0.25, 0.3) is 0 Å². The lowest BCUT2D eigenvalue weighted by atomic mass is 10.1. The highest BCUT2D eigenvalue weighted by Crippen LogP contribution is 2.10. The molecule has 4 heteroatoms. The van der Waals surface area contributed by atoms with Crippen LogP contribution in [0.5, 0.6) is 0 Å². The van der Waals surface area contributed by atoms with E-state index in [2.05, 4.69) is 5.32 Å². The zero-order chi connectivity index (χ0) is 8.15. The molecule has 0 saturated carbocycles. The Kier molecular flexibility index (Phi) is 4.19. The van der Waals surface area contributed by atoms with Gasteiger partial charge in [-0.25, -0.2) is 4.79 Å². The smallest absolute Gasteiger partial charge is 0.405 e. The quantitative estimate of drug-likeness (QED) is 0.496. The third-order valence-corrected chi connectivity index (χ3v) is 1.94. The van der Waals surface area contributed by atoms with E-state index < -0.39 is 11.6 Å². The zero-order valence-corrected chi connectivity index (χ0v) is 6.85. The van der Waals surface area contributed by atoms with Crippen LogP contribution in [-0.2, 0) is 0 Å². The zero-order valence-electron chi connectivity index (χ0n) is 6.10. The number of carbonyl (C=O) groups is 1. The van der Waals surface area contributed by atoms with Gasteiger partial charge in [-0.15, -0.1) is 0 Å². The highest BCUT2D eigenvalue weighted by molar-refractivity contribution is 6.21. The number of alkyl halides is 1. The van der Waals surface area contributed by atoms with E-state index >= 15 is 0 Å². The van der Waals surface area contributed by atoms with Crippen LogP contribution in [0, 0.1) is 5.92 Å². The number of rotatable bonds is 3. The normalized spacial score (nSPS) is 15.9. The Labute approximate surface area is 65.4 Å². The second-order valence-electron chi connectivity index (χ2n) is 2.24. The molecule has 0 rings (SSSR count). The second kappa shape index (κ2) is 4.39. The summed E-state index contributed by atoms with van der Waals surface area (Å²) >= 11 is 5.63. The molecule has 1 amide bonds. The topological polar surface area (TPSA) is 49.3 Å². The van der Waals surface area contributed by atoms with E-state index in [-0.39, 0.29) is 5.92 Å². The summed E-state index contributed by atoms with van der Waals surface area (Å²) in [6.07, 6.45) is -0.200. The van der Waals surface area contributed by atoms with Crippen molar-refractivity contribution in [3.05, 3.63) is 0 Å². The van der Waals surface area contributed by atoms with Gasteiger partial charge in [-0.05, 0) is 5.92 Å². The van der Waals surface area contributed by atoms with Gasteiger partial charge in [-0.1, -0.05) is 31.9 Å². The molecule has 0 bridgehead atoms. The maximum Gasteiger partial charge on any atom is 0.405 e. The average molecular weight is 166 g/mol. The van der Waals surface area contributed by atoms with E-state index in [1.807, 2.05) is 13.8 Å². The fraction of sp³-hybridized carbons (Fsp3) is 0.833. The van der Waals surface area contributed by atoms with Crippen LogP contribution in [-0.4, -0.2) is 16.7 Å². The largest absolute Gasteiger partial charge is 0.465 e. The Hall–Kier alpha value is -0.440. The van der Waals surface area contributed by atoms with Gasteiger partial charge in [0, 0.05) is 0 Å². The molecule has 2 atom stereocenters. The Morgan fingerprint density at radius 2 is 2.30 bits per heavy atom. The Bertz CT molecular complexity index is 118. The standard InChI is InChI=1S/C6H12ClNO2/c1-3-4(2)5(7)8-6(9)10/h4-5,8H,3H2,1-2H3,(H,9,10). The van der Waals surface area contributed by atoms with Gasteiger partial charge in [0.25, 0.3) is 0 Å². The van der Waals surface area contributed by atoms with Crippen LogP contribution in [0.15, 0.2) is 0 Å². The van der Waals surface area contributed by atoms with Gasteiger partial charge < -0.3 is 10.4 Å². The number of carboxylic acid groups (broad SMARTS) is 1. The minimum atomic E-state index is -1.07. The minimum absolute atomic E-state index is 0.178. The molecule has 0 saturated heterocycles. The van der Waals surface area contributed by atoms with Crippen LogP contribution >= 0.6 is 11.6 Å². The maximum absolute atomic E-state index is 10.0. The molecule has 0 aliphatic carbocycles. The predicted octanol–water partition coefficient (Wildman–Crippen LogP) is 1.86. The van der Waals surface area contributed by atoms with Crippen molar-refractivity contribution in [1.82, 2.24) is 5.32 Å². The molecule has 0 aromatic carbocycles. The van der Waals surface area contributed by atoms with Crippen LogP contribution in [0.3, 0.4) is 0 Å². The molecular weight excluding hydrogens is 154 g/mol. The molecule has 2 N–H and O–H groups in total. The molecule has 0 fully saturated rings. The van der Waals surface area contributed by atoms with Crippen LogP contribution in [0.1, 0.15) is 20.3 Å². The molecule has 0 aromatic heterocycles. The van der Waals surface area contributed by atoms with Gasteiger partial charge in [0.2, 0.25) is 0 Å². The van der Waals surface area contributed by atoms with E-state index in [1.165, 1.54) is 0 Å². The van der Waals surface area contributed by atoms with Crippen molar-refractivity contribution in [2.75, 3.05) is 0 Å². The summed E-state index contributed by atoms with van der Waals surface area (Å²) in [6, 6.07) is 0. The minimum Gasteiger partial charge on any atom is -0.465 e. The maximum atomic E-state index is 10.0. The SMILES string of the molecule is CCC(C)C(Cl)NC(=O)O. The summed E-state index contributed by atoms with van der Waals surface area (Å²) in [6.45, 7) is 3.86. The van der Waals surface area contributed by atoms with Gasteiger partial charge >= 0.3 is 6.09 Å². The average Bonchev–Trinajstić information content (AvgIpc) is 1.85. The van der Waals surface area contributed by atoms with Crippen LogP contribution < -0.4 is 5.32 Å². The van der Waals surface area contributed by atoms with Crippen molar-refractivity contribution < 1.29 is 9.90 Å². The molecule has 0 aliphatic rings. The number of hydrogen-bond donors (Lipinski definition) is 2. The van der Waals surface area contributed by atoms with E-state index in [9.17, 15) is 4.79 Å². The van der Waals surface area contributed by atoms with Crippen molar-refractivity contribution >= 4 is 17.7 Å². The predicted molar refractivity (Wildman–Crippen MR) is 40.3 cm³/mol. The first-order valence-corrected chi connectivity index (χ1v) is 3.65. The number of amides is 1. The van der Waals surface area contributed by atoms with Gasteiger partial charge in [0.05, 0.1) is 0 Å². The lowest BCUT2D eigenvalue weighted by Gasteiger charge is -2.14. The summed E-state index contributed by atoms with van der Waals surface area (Å²) in [7, 11) is 0. The summed E-state index contributed by atoms with van der Waals surface area (Å²) in [5, 5.41) is 10.4. The Morgan fingerprint density at radius 3 is 2.60 bits per heavy atom. The third-order valence-electron chi connectivity index (χ3n) is 1.40. The van der Waals surface area contributed by atoms with Crippen LogP contribution in [0.4, 0.5) is 4.79 Å². The molecule has 0 radical (unpaired) electrons. The molecule has 0 heterocycles. The lowest BCUT2D eigenvalue weighted by Crippen LogP contribution is -2.33.